The average molecular weight is 304 g/mol. The molecule has 0 heterocycles. The van der Waals surface area contributed by atoms with Gasteiger partial charge >= 0.3 is 5.97 Å². The van der Waals surface area contributed by atoms with Gasteiger partial charge in [-0.1, -0.05) is 17.3 Å². The minimum absolute atomic E-state index is 0.124. The molecule has 1 aromatic carbocycles. The first-order valence-electron chi connectivity index (χ1n) is 7.60. The molecular formula is C17H24N2O3. The van der Waals surface area contributed by atoms with Crippen LogP contribution >= 0.6 is 0 Å². The van der Waals surface area contributed by atoms with E-state index < -0.39 is 5.60 Å². The Labute approximate surface area is 131 Å². The van der Waals surface area contributed by atoms with E-state index in [0.717, 1.165) is 24.8 Å². The molecule has 1 unspecified atom stereocenters. The molecular weight excluding hydrogens is 280 g/mol. The molecule has 0 aliphatic heterocycles. The van der Waals surface area contributed by atoms with Crippen molar-refractivity contribution in [3.8, 4) is 0 Å². The van der Waals surface area contributed by atoms with Crippen LogP contribution in [0.3, 0.4) is 0 Å². The molecule has 0 fully saturated rings. The molecule has 3 N–H and O–H groups in total. The van der Waals surface area contributed by atoms with E-state index in [1.54, 1.807) is 0 Å². The van der Waals surface area contributed by atoms with E-state index in [0.29, 0.717) is 12.3 Å². The first-order chi connectivity index (χ1) is 10.3. The lowest BCUT2D eigenvalue weighted by molar-refractivity contribution is -0.156. The van der Waals surface area contributed by atoms with Gasteiger partial charge in [-0.05, 0) is 63.1 Å². The Morgan fingerprint density at radius 3 is 2.77 bits per heavy atom. The smallest absolute Gasteiger partial charge is 0.306 e. The van der Waals surface area contributed by atoms with Gasteiger partial charge in [-0.15, -0.1) is 0 Å². The monoisotopic (exact) mass is 304 g/mol. The summed E-state index contributed by atoms with van der Waals surface area (Å²) in [5, 5.41) is 11.8. The molecule has 0 aromatic heterocycles. The average Bonchev–Trinajstić information content (AvgIpc) is 2.43. The second-order valence-corrected chi connectivity index (χ2v) is 6.87. The van der Waals surface area contributed by atoms with Gasteiger partial charge in [0, 0.05) is 12.0 Å². The summed E-state index contributed by atoms with van der Waals surface area (Å²) in [6.45, 7) is 5.65. The Hall–Kier alpha value is -2.04. The van der Waals surface area contributed by atoms with Crippen LogP contribution in [0.15, 0.2) is 23.4 Å². The van der Waals surface area contributed by atoms with Crippen LogP contribution in [-0.2, 0) is 22.4 Å². The largest absolute Gasteiger partial charge is 0.460 e. The van der Waals surface area contributed by atoms with Gasteiger partial charge in [-0.2, -0.15) is 0 Å². The van der Waals surface area contributed by atoms with Crippen LogP contribution in [0.4, 0.5) is 0 Å². The van der Waals surface area contributed by atoms with E-state index in [2.05, 4.69) is 5.16 Å². The van der Waals surface area contributed by atoms with Crippen molar-refractivity contribution in [2.45, 2.75) is 52.1 Å². The third-order valence-electron chi connectivity index (χ3n) is 3.82. The molecule has 0 radical (unpaired) electrons. The SMILES string of the molecule is CC(C)(C)OC(=O)CC1CCc2cc(/C(N)=N/O)ccc2C1. The van der Waals surface area contributed by atoms with Crippen LogP contribution in [0.2, 0.25) is 0 Å². The van der Waals surface area contributed by atoms with Gasteiger partial charge in [0.25, 0.3) is 0 Å². The second-order valence-electron chi connectivity index (χ2n) is 6.87. The van der Waals surface area contributed by atoms with Crippen molar-refractivity contribution >= 4 is 11.8 Å². The lowest BCUT2D eigenvalue weighted by Gasteiger charge is -2.26. The molecule has 2 rings (SSSR count). The number of oxime groups is 1. The highest BCUT2D eigenvalue weighted by Crippen LogP contribution is 2.29. The molecule has 1 aliphatic carbocycles. The highest BCUT2D eigenvalue weighted by atomic mass is 16.6. The van der Waals surface area contributed by atoms with Crippen LogP contribution in [-0.4, -0.2) is 22.6 Å². The van der Waals surface area contributed by atoms with Crippen molar-refractivity contribution in [1.29, 1.82) is 0 Å². The maximum absolute atomic E-state index is 11.9. The number of nitrogens with zero attached hydrogens (tertiary/aromatic N) is 1. The zero-order valence-corrected chi connectivity index (χ0v) is 13.4. The Morgan fingerprint density at radius 1 is 1.41 bits per heavy atom. The summed E-state index contributed by atoms with van der Waals surface area (Å²) in [5.74, 6) is 0.310. The van der Waals surface area contributed by atoms with Gasteiger partial charge in [0.05, 0.1) is 0 Å². The van der Waals surface area contributed by atoms with Crippen molar-refractivity contribution in [2.75, 3.05) is 0 Å². The van der Waals surface area contributed by atoms with Gasteiger partial charge < -0.3 is 15.7 Å². The summed E-state index contributed by atoms with van der Waals surface area (Å²) in [4.78, 5) is 11.9. The summed E-state index contributed by atoms with van der Waals surface area (Å²) in [6.07, 6.45) is 3.17. The number of nitrogens with two attached hydrogens (primary N) is 1. The van der Waals surface area contributed by atoms with Crippen LogP contribution in [0.5, 0.6) is 0 Å². The first kappa shape index (κ1) is 16.3. The number of hydrogen-bond acceptors (Lipinski definition) is 4. The topological polar surface area (TPSA) is 84.9 Å². The van der Waals surface area contributed by atoms with E-state index in [1.165, 1.54) is 11.1 Å². The molecule has 22 heavy (non-hydrogen) atoms. The lowest BCUT2D eigenvalue weighted by Crippen LogP contribution is -2.27. The molecule has 5 heteroatoms. The minimum atomic E-state index is -0.431. The zero-order chi connectivity index (χ0) is 16.3. The standard InChI is InChI=1S/C17H24N2O3/c1-17(2,3)22-15(20)9-11-4-5-13-10-14(16(18)19-21)7-6-12(13)8-11/h6-7,10-11,21H,4-5,8-9H2,1-3H3,(H2,18,19). The molecule has 1 aliphatic rings. The third-order valence-corrected chi connectivity index (χ3v) is 3.82. The van der Waals surface area contributed by atoms with Gasteiger partial charge in [-0.3, -0.25) is 4.79 Å². The number of rotatable bonds is 3. The number of carbonyl (C=O) groups is 1. The van der Waals surface area contributed by atoms with Crippen LogP contribution in [0.1, 0.15) is 50.3 Å². The molecule has 0 bridgehead atoms. The predicted molar refractivity (Wildman–Crippen MR) is 84.9 cm³/mol. The van der Waals surface area contributed by atoms with Crippen molar-refractivity contribution < 1.29 is 14.7 Å². The third kappa shape index (κ3) is 4.23. The number of esters is 1. The van der Waals surface area contributed by atoms with E-state index >= 15 is 0 Å². The number of aryl methyl sites for hydroxylation is 1. The van der Waals surface area contributed by atoms with Crippen LogP contribution in [0.25, 0.3) is 0 Å². The molecule has 0 saturated carbocycles. The number of carbonyl (C=O) groups excluding carboxylic acids is 1. The van der Waals surface area contributed by atoms with E-state index in [1.807, 2.05) is 39.0 Å². The molecule has 120 valence electrons. The normalized spacial score (nSPS) is 18.7. The minimum Gasteiger partial charge on any atom is -0.460 e. The molecule has 5 nitrogen and oxygen atoms in total. The summed E-state index contributed by atoms with van der Waals surface area (Å²) < 4.78 is 5.39. The molecule has 0 amide bonds. The zero-order valence-electron chi connectivity index (χ0n) is 13.4. The summed E-state index contributed by atoms with van der Waals surface area (Å²) >= 11 is 0. The maximum atomic E-state index is 11.9. The van der Waals surface area contributed by atoms with E-state index in [9.17, 15) is 4.79 Å². The number of amidine groups is 1. The highest BCUT2D eigenvalue weighted by Gasteiger charge is 2.24. The quantitative estimate of drug-likeness (QED) is 0.295. The fourth-order valence-corrected chi connectivity index (χ4v) is 2.84. The van der Waals surface area contributed by atoms with Crippen LogP contribution < -0.4 is 5.73 Å². The first-order valence-corrected chi connectivity index (χ1v) is 7.60. The molecule has 0 spiro atoms. The van der Waals surface area contributed by atoms with Crippen molar-refractivity contribution in [1.82, 2.24) is 0 Å². The van der Waals surface area contributed by atoms with Gasteiger partial charge in [0.1, 0.15) is 5.60 Å². The fourth-order valence-electron chi connectivity index (χ4n) is 2.84. The Kier molecular flexibility index (Phi) is 4.74. The number of hydrogen-bond donors (Lipinski definition) is 2. The van der Waals surface area contributed by atoms with Gasteiger partial charge in [0.2, 0.25) is 0 Å². The summed E-state index contributed by atoms with van der Waals surface area (Å²) in [7, 11) is 0. The second kappa shape index (κ2) is 6.38. The van der Waals surface area contributed by atoms with Crippen molar-refractivity contribution in [3.63, 3.8) is 0 Å². The highest BCUT2D eigenvalue weighted by molar-refractivity contribution is 5.97. The van der Waals surface area contributed by atoms with E-state index in [4.69, 9.17) is 15.7 Å². The van der Waals surface area contributed by atoms with Crippen LogP contribution in [0, 0.1) is 5.92 Å². The lowest BCUT2D eigenvalue weighted by atomic mass is 9.81. The predicted octanol–water partition coefficient (Wildman–Crippen LogP) is 2.62. The molecule has 1 aromatic rings. The summed E-state index contributed by atoms with van der Waals surface area (Å²) in [6, 6.07) is 5.82. The number of ether oxygens (including phenoxy) is 1. The van der Waals surface area contributed by atoms with Gasteiger partial charge in [-0.25, -0.2) is 0 Å². The Morgan fingerprint density at radius 2 is 2.14 bits per heavy atom. The number of fused-ring (bicyclic) bond motifs is 1. The fraction of sp³-hybridized carbons (Fsp3) is 0.529. The van der Waals surface area contributed by atoms with Gasteiger partial charge in [0.15, 0.2) is 5.84 Å². The van der Waals surface area contributed by atoms with Crippen molar-refractivity contribution in [3.05, 3.63) is 34.9 Å². The summed E-state index contributed by atoms with van der Waals surface area (Å²) in [5.41, 5.74) is 8.36. The van der Waals surface area contributed by atoms with E-state index in [-0.39, 0.29) is 11.8 Å². The Bertz CT molecular complexity index is 588. The van der Waals surface area contributed by atoms with Crippen molar-refractivity contribution in [2.24, 2.45) is 16.8 Å². The molecule has 0 saturated heterocycles. The maximum Gasteiger partial charge on any atom is 0.306 e. The number of benzene rings is 1. The molecule has 1 atom stereocenters. The Balaban J connectivity index is 2.02.